The SMILES string of the molecule is C1=CCCCC1.O=P[O-].[Na+]. The molecule has 10 heavy (non-hydrogen) atoms. The van der Waals surface area contributed by atoms with Gasteiger partial charge in [-0.15, -0.1) is 0 Å². The molecule has 0 bridgehead atoms. The zero-order chi connectivity index (χ0) is 6.95. The maximum atomic E-state index is 8.35. The summed E-state index contributed by atoms with van der Waals surface area (Å²) < 4.78 is 8.35. The van der Waals surface area contributed by atoms with E-state index >= 15 is 0 Å². The number of rotatable bonds is 0. The van der Waals surface area contributed by atoms with Gasteiger partial charge in [0.2, 0.25) is 0 Å². The molecule has 0 heterocycles. The van der Waals surface area contributed by atoms with Crippen LogP contribution >= 0.6 is 8.69 Å². The molecule has 2 nitrogen and oxygen atoms in total. The fourth-order valence-electron chi connectivity index (χ4n) is 0.760. The van der Waals surface area contributed by atoms with Crippen LogP contribution in [0.5, 0.6) is 0 Å². The molecule has 4 heteroatoms. The first-order chi connectivity index (χ1) is 4.41. The molecule has 0 aromatic carbocycles. The summed E-state index contributed by atoms with van der Waals surface area (Å²) in [6.45, 7) is 0. The average Bonchev–Trinajstić information content (AvgIpc) is 1.93. The molecule has 0 atom stereocenters. The van der Waals surface area contributed by atoms with Crippen LogP contribution in [-0.2, 0) is 4.57 Å². The van der Waals surface area contributed by atoms with Crippen LogP contribution in [0.25, 0.3) is 0 Å². The van der Waals surface area contributed by atoms with Crippen molar-refractivity contribution < 1.29 is 39.0 Å². The van der Waals surface area contributed by atoms with Crippen molar-refractivity contribution in [3.63, 3.8) is 0 Å². The van der Waals surface area contributed by atoms with Crippen LogP contribution in [0.2, 0.25) is 0 Å². The Morgan fingerprint density at radius 3 is 1.60 bits per heavy atom. The summed E-state index contributed by atoms with van der Waals surface area (Å²) in [5.74, 6) is 0. The predicted molar refractivity (Wildman–Crippen MR) is 35.2 cm³/mol. The number of allylic oxidation sites excluding steroid dienone is 2. The molecule has 0 N–H and O–H groups in total. The van der Waals surface area contributed by atoms with Gasteiger partial charge in [-0.2, -0.15) is 0 Å². The Balaban J connectivity index is 0. The Kier molecular flexibility index (Phi) is 16.7. The van der Waals surface area contributed by atoms with E-state index in [9.17, 15) is 0 Å². The second-order valence-electron chi connectivity index (χ2n) is 1.83. The second kappa shape index (κ2) is 12.5. The molecule has 0 amide bonds. The zero-order valence-corrected chi connectivity index (χ0v) is 9.14. The van der Waals surface area contributed by atoms with E-state index in [-0.39, 0.29) is 29.6 Å². The summed E-state index contributed by atoms with van der Waals surface area (Å²) in [5, 5.41) is 0. The molecule has 0 saturated carbocycles. The maximum absolute atomic E-state index is 8.35. The third kappa shape index (κ3) is 11.6. The first-order valence-electron chi connectivity index (χ1n) is 3.01. The monoisotopic (exact) mass is 168 g/mol. The van der Waals surface area contributed by atoms with E-state index in [4.69, 9.17) is 9.46 Å². The van der Waals surface area contributed by atoms with Gasteiger partial charge in [-0.3, -0.25) is 4.57 Å². The fraction of sp³-hybridized carbons (Fsp3) is 0.667. The molecule has 1 aliphatic rings. The van der Waals surface area contributed by atoms with E-state index < -0.39 is 8.69 Å². The Bertz CT molecular complexity index is 87.7. The van der Waals surface area contributed by atoms with Crippen LogP contribution in [0.15, 0.2) is 12.2 Å². The molecule has 0 unspecified atom stereocenters. The minimum Gasteiger partial charge on any atom is -0.772 e. The number of hydrogen-bond acceptors (Lipinski definition) is 2. The van der Waals surface area contributed by atoms with Crippen molar-refractivity contribution in [2.45, 2.75) is 25.7 Å². The van der Waals surface area contributed by atoms with Crippen molar-refractivity contribution in [2.24, 2.45) is 0 Å². The van der Waals surface area contributed by atoms with Gasteiger partial charge in [0, 0.05) is 0 Å². The van der Waals surface area contributed by atoms with Crippen molar-refractivity contribution >= 4 is 8.69 Å². The fourth-order valence-corrected chi connectivity index (χ4v) is 0.760. The third-order valence-electron chi connectivity index (χ3n) is 1.16. The molecule has 0 aromatic heterocycles. The summed E-state index contributed by atoms with van der Waals surface area (Å²) >= 11 is 0. The van der Waals surface area contributed by atoms with Crippen LogP contribution in [0.1, 0.15) is 25.7 Å². The molecule has 0 saturated heterocycles. The average molecular weight is 168 g/mol. The molecule has 0 aromatic rings. The van der Waals surface area contributed by atoms with Gasteiger partial charge >= 0.3 is 29.6 Å². The van der Waals surface area contributed by atoms with Gasteiger partial charge in [0.15, 0.2) is 0 Å². The van der Waals surface area contributed by atoms with Gasteiger partial charge < -0.3 is 4.89 Å². The summed E-state index contributed by atoms with van der Waals surface area (Å²) in [7, 11) is -1.08. The predicted octanol–water partition coefficient (Wildman–Crippen LogP) is -1.33. The van der Waals surface area contributed by atoms with Crippen molar-refractivity contribution in [3.05, 3.63) is 12.2 Å². The third-order valence-corrected chi connectivity index (χ3v) is 1.16. The number of hydrogen-bond donors (Lipinski definition) is 0. The molecule has 0 aliphatic heterocycles. The molecular formula is C6H10NaO2P. The van der Waals surface area contributed by atoms with Crippen molar-refractivity contribution in [1.82, 2.24) is 0 Å². The van der Waals surface area contributed by atoms with E-state index in [0.29, 0.717) is 0 Å². The topological polar surface area (TPSA) is 40.1 Å². The molecule has 1 aliphatic carbocycles. The summed E-state index contributed by atoms with van der Waals surface area (Å²) in [6, 6.07) is 0. The molecule has 52 valence electrons. The Morgan fingerprint density at radius 1 is 1.20 bits per heavy atom. The normalized spacial score (nSPS) is 14.9. The van der Waals surface area contributed by atoms with Gasteiger partial charge in [-0.25, -0.2) is 0 Å². The van der Waals surface area contributed by atoms with Gasteiger partial charge in [0.05, 0.1) is 8.69 Å². The van der Waals surface area contributed by atoms with Crippen LogP contribution in [0.3, 0.4) is 0 Å². The standard InChI is InChI=1S/C6H10.Na.HO2P/c1-2-4-6-5-3-1;;1-3-2/h1-2H,3-6H2;;(H,1,2)/q;+1;/p-1. The molecular weight excluding hydrogens is 158 g/mol. The Hall–Kier alpha value is 0.800. The van der Waals surface area contributed by atoms with Crippen LogP contribution in [-0.4, -0.2) is 0 Å². The van der Waals surface area contributed by atoms with Gasteiger partial charge in [0.1, 0.15) is 0 Å². The van der Waals surface area contributed by atoms with E-state index in [0.717, 1.165) is 0 Å². The molecule has 0 fully saturated rings. The van der Waals surface area contributed by atoms with Gasteiger partial charge in [-0.1, -0.05) is 12.2 Å². The molecule has 0 spiro atoms. The largest absolute Gasteiger partial charge is 1.00 e. The van der Waals surface area contributed by atoms with E-state index in [1.165, 1.54) is 25.7 Å². The second-order valence-corrected chi connectivity index (χ2v) is 1.98. The summed E-state index contributed by atoms with van der Waals surface area (Å²) in [5.41, 5.74) is 0. The minimum absolute atomic E-state index is 0. The first-order valence-corrected chi connectivity index (χ1v) is 3.75. The summed E-state index contributed by atoms with van der Waals surface area (Å²) in [4.78, 5) is 8.35. The van der Waals surface area contributed by atoms with E-state index in [1.54, 1.807) is 0 Å². The molecule has 1 rings (SSSR count). The molecule has 0 radical (unpaired) electrons. The van der Waals surface area contributed by atoms with E-state index in [2.05, 4.69) is 12.2 Å². The first kappa shape index (κ1) is 13.4. The van der Waals surface area contributed by atoms with Crippen molar-refractivity contribution in [1.29, 1.82) is 0 Å². The maximum Gasteiger partial charge on any atom is 1.00 e. The minimum atomic E-state index is -1.08. The van der Waals surface area contributed by atoms with Crippen LogP contribution < -0.4 is 34.5 Å². The van der Waals surface area contributed by atoms with Gasteiger partial charge in [0.25, 0.3) is 0 Å². The van der Waals surface area contributed by atoms with Crippen LogP contribution in [0, 0.1) is 0 Å². The summed E-state index contributed by atoms with van der Waals surface area (Å²) in [6.07, 6.45) is 10.0. The smallest absolute Gasteiger partial charge is 0.772 e. The van der Waals surface area contributed by atoms with Gasteiger partial charge in [-0.05, 0) is 25.7 Å². The Morgan fingerprint density at radius 2 is 1.50 bits per heavy atom. The quantitative estimate of drug-likeness (QED) is 0.255. The van der Waals surface area contributed by atoms with E-state index in [1.807, 2.05) is 0 Å². The zero-order valence-electron chi connectivity index (χ0n) is 6.25. The van der Waals surface area contributed by atoms with Crippen molar-refractivity contribution in [3.8, 4) is 0 Å². The Labute approximate surface area is 85.3 Å². The van der Waals surface area contributed by atoms with Crippen LogP contribution in [0.4, 0.5) is 0 Å². The van der Waals surface area contributed by atoms with Crippen molar-refractivity contribution in [2.75, 3.05) is 0 Å².